The van der Waals surface area contributed by atoms with E-state index in [0.717, 1.165) is 10.9 Å². The largest absolute Gasteiger partial charge is 0.497 e. The number of morpholine rings is 1. The average Bonchev–Trinajstić information content (AvgIpc) is 2.97. The number of carbonyl (C=O) groups is 2. The summed E-state index contributed by atoms with van der Waals surface area (Å²) in [5.41, 5.74) is 6.53. The zero-order chi connectivity index (χ0) is 15.7. The number of carbonyl (C=O) groups excluding carboxylic acids is 2. The molecule has 0 bridgehead atoms. The SMILES string of the molecule is COc1ccc2cc(C(=O)N3CCO[C@H](C(N)=O)C3)[nH]c2c1. The number of ether oxygens (including phenoxy) is 2. The van der Waals surface area contributed by atoms with E-state index in [2.05, 4.69) is 4.98 Å². The third-order valence-corrected chi connectivity index (χ3v) is 3.73. The Morgan fingerprint density at radius 2 is 2.23 bits per heavy atom. The molecule has 7 nitrogen and oxygen atoms in total. The van der Waals surface area contributed by atoms with Gasteiger partial charge in [0.1, 0.15) is 11.4 Å². The maximum absolute atomic E-state index is 12.5. The smallest absolute Gasteiger partial charge is 0.270 e. The first kappa shape index (κ1) is 14.4. The van der Waals surface area contributed by atoms with E-state index in [9.17, 15) is 9.59 Å². The van der Waals surface area contributed by atoms with Crippen molar-refractivity contribution < 1.29 is 19.1 Å². The third kappa shape index (κ3) is 2.62. The van der Waals surface area contributed by atoms with Crippen molar-refractivity contribution in [3.05, 3.63) is 30.0 Å². The molecule has 22 heavy (non-hydrogen) atoms. The monoisotopic (exact) mass is 303 g/mol. The fourth-order valence-corrected chi connectivity index (χ4v) is 2.52. The van der Waals surface area contributed by atoms with E-state index < -0.39 is 12.0 Å². The van der Waals surface area contributed by atoms with Crippen molar-refractivity contribution >= 4 is 22.7 Å². The molecule has 116 valence electrons. The number of hydrogen-bond donors (Lipinski definition) is 2. The van der Waals surface area contributed by atoms with Crippen molar-refractivity contribution in [2.75, 3.05) is 26.8 Å². The normalized spacial score (nSPS) is 18.4. The highest BCUT2D eigenvalue weighted by Crippen LogP contribution is 2.22. The summed E-state index contributed by atoms with van der Waals surface area (Å²) >= 11 is 0. The number of aromatic nitrogens is 1. The molecule has 2 heterocycles. The first-order valence-corrected chi connectivity index (χ1v) is 6.95. The maximum Gasteiger partial charge on any atom is 0.270 e. The van der Waals surface area contributed by atoms with Gasteiger partial charge in [0.15, 0.2) is 6.10 Å². The van der Waals surface area contributed by atoms with Gasteiger partial charge in [0, 0.05) is 23.5 Å². The second kappa shape index (κ2) is 5.69. The lowest BCUT2D eigenvalue weighted by atomic mass is 10.2. The predicted octanol–water partition coefficient (Wildman–Crippen LogP) is 0.503. The maximum atomic E-state index is 12.5. The number of nitrogens with zero attached hydrogens (tertiary/aromatic N) is 1. The van der Waals surface area contributed by atoms with Crippen molar-refractivity contribution in [1.82, 2.24) is 9.88 Å². The van der Waals surface area contributed by atoms with Crippen LogP contribution in [0.5, 0.6) is 5.75 Å². The molecule has 1 aromatic carbocycles. The second-order valence-corrected chi connectivity index (χ2v) is 5.15. The number of amides is 2. The quantitative estimate of drug-likeness (QED) is 0.863. The van der Waals surface area contributed by atoms with Gasteiger partial charge < -0.3 is 25.1 Å². The van der Waals surface area contributed by atoms with E-state index in [1.807, 2.05) is 18.2 Å². The highest BCUT2D eigenvalue weighted by molar-refractivity contribution is 5.98. The van der Waals surface area contributed by atoms with Crippen molar-refractivity contribution in [1.29, 1.82) is 0 Å². The number of hydrogen-bond acceptors (Lipinski definition) is 4. The Bertz CT molecular complexity index is 725. The van der Waals surface area contributed by atoms with Gasteiger partial charge in [-0.25, -0.2) is 0 Å². The number of aromatic amines is 1. The minimum atomic E-state index is -0.748. The fourth-order valence-electron chi connectivity index (χ4n) is 2.52. The molecule has 0 radical (unpaired) electrons. The molecule has 1 aromatic heterocycles. The highest BCUT2D eigenvalue weighted by atomic mass is 16.5. The molecule has 0 aliphatic carbocycles. The summed E-state index contributed by atoms with van der Waals surface area (Å²) in [6, 6.07) is 7.33. The number of nitrogens with one attached hydrogen (secondary N) is 1. The van der Waals surface area contributed by atoms with E-state index in [1.54, 1.807) is 18.1 Å². The van der Waals surface area contributed by atoms with Gasteiger partial charge in [-0.2, -0.15) is 0 Å². The summed E-state index contributed by atoms with van der Waals surface area (Å²) in [5.74, 6) is -0.0166. The summed E-state index contributed by atoms with van der Waals surface area (Å²) in [6.45, 7) is 0.904. The van der Waals surface area contributed by atoms with Crippen LogP contribution in [0.25, 0.3) is 10.9 Å². The van der Waals surface area contributed by atoms with Crippen LogP contribution >= 0.6 is 0 Å². The summed E-state index contributed by atoms with van der Waals surface area (Å²) in [5, 5.41) is 0.920. The molecule has 3 N–H and O–H groups in total. The molecular formula is C15H17N3O4. The fraction of sp³-hybridized carbons (Fsp3) is 0.333. The Morgan fingerprint density at radius 1 is 1.41 bits per heavy atom. The molecule has 0 saturated carbocycles. The molecular weight excluding hydrogens is 286 g/mol. The standard InChI is InChI=1S/C15H17N3O4/c1-21-10-3-2-9-6-12(17-11(9)7-10)15(20)18-4-5-22-13(8-18)14(16)19/h2-3,6-7,13,17H,4-5,8H2,1H3,(H2,16,19)/t13-/m0/s1. The van der Waals surface area contributed by atoms with Gasteiger partial charge >= 0.3 is 0 Å². The number of fused-ring (bicyclic) bond motifs is 1. The van der Waals surface area contributed by atoms with Crippen LogP contribution in [0.3, 0.4) is 0 Å². The lowest BCUT2D eigenvalue weighted by molar-refractivity contribution is -0.133. The summed E-state index contributed by atoms with van der Waals surface area (Å²) in [6.07, 6.45) is -0.748. The van der Waals surface area contributed by atoms with Crippen LogP contribution in [0.1, 0.15) is 10.5 Å². The molecule has 2 aromatic rings. The van der Waals surface area contributed by atoms with Gasteiger partial charge in [0.25, 0.3) is 5.91 Å². The number of benzene rings is 1. The number of primary amides is 1. The highest BCUT2D eigenvalue weighted by Gasteiger charge is 2.28. The number of rotatable bonds is 3. The summed E-state index contributed by atoms with van der Waals surface area (Å²) in [7, 11) is 1.59. The minimum absolute atomic E-state index is 0.173. The molecule has 7 heteroatoms. The molecule has 1 fully saturated rings. The Kier molecular flexibility index (Phi) is 3.72. The third-order valence-electron chi connectivity index (χ3n) is 3.73. The van der Waals surface area contributed by atoms with Crippen LogP contribution in [-0.2, 0) is 9.53 Å². The van der Waals surface area contributed by atoms with Crippen LogP contribution in [-0.4, -0.2) is 54.6 Å². The lowest BCUT2D eigenvalue weighted by Crippen LogP contribution is -2.50. The molecule has 0 spiro atoms. The van der Waals surface area contributed by atoms with Gasteiger partial charge in [-0.05, 0) is 18.2 Å². The molecule has 3 rings (SSSR count). The molecule has 1 atom stereocenters. The van der Waals surface area contributed by atoms with Crippen molar-refractivity contribution in [2.45, 2.75) is 6.10 Å². The van der Waals surface area contributed by atoms with Gasteiger partial charge in [0.05, 0.1) is 20.3 Å². The molecule has 2 amide bonds. The van der Waals surface area contributed by atoms with Crippen LogP contribution in [0.4, 0.5) is 0 Å². The lowest BCUT2D eigenvalue weighted by Gasteiger charge is -2.31. The van der Waals surface area contributed by atoms with E-state index in [4.69, 9.17) is 15.2 Å². The number of nitrogens with two attached hydrogens (primary N) is 1. The van der Waals surface area contributed by atoms with Gasteiger partial charge in [-0.15, -0.1) is 0 Å². The van der Waals surface area contributed by atoms with Crippen LogP contribution < -0.4 is 10.5 Å². The van der Waals surface area contributed by atoms with Crippen LogP contribution in [0.15, 0.2) is 24.3 Å². The van der Waals surface area contributed by atoms with Crippen molar-refractivity contribution in [3.8, 4) is 5.75 Å². The molecule has 1 aliphatic rings. The molecule has 1 saturated heterocycles. The Labute approximate surface area is 127 Å². The number of methoxy groups -OCH3 is 1. The molecule has 1 aliphatic heterocycles. The topological polar surface area (TPSA) is 97.6 Å². The molecule has 0 unspecified atom stereocenters. The van der Waals surface area contributed by atoms with Crippen LogP contribution in [0.2, 0.25) is 0 Å². The summed E-state index contributed by atoms with van der Waals surface area (Å²) < 4.78 is 10.4. The second-order valence-electron chi connectivity index (χ2n) is 5.15. The van der Waals surface area contributed by atoms with E-state index in [1.165, 1.54) is 0 Å². The predicted molar refractivity (Wildman–Crippen MR) is 79.7 cm³/mol. The minimum Gasteiger partial charge on any atom is -0.497 e. The zero-order valence-corrected chi connectivity index (χ0v) is 12.2. The van der Waals surface area contributed by atoms with Gasteiger partial charge in [0.2, 0.25) is 5.91 Å². The first-order valence-electron chi connectivity index (χ1n) is 6.95. The van der Waals surface area contributed by atoms with Crippen molar-refractivity contribution in [3.63, 3.8) is 0 Å². The van der Waals surface area contributed by atoms with Gasteiger partial charge in [-0.3, -0.25) is 9.59 Å². The van der Waals surface area contributed by atoms with Crippen molar-refractivity contribution in [2.24, 2.45) is 5.73 Å². The van der Waals surface area contributed by atoms with Gasteiger partial charge in [-0.1, -0.05) is 0 Å². The Morgan fingerprint density at radius 3 is 2.95 bits per heavy atom. The first-order chi connectivity index (χ1) is 10.6. The van der Waals surface area contributed by atoms with E-state index in [0.29, 0.717) is 24.6 Å². The zero-order valence-electron chi connectivity index (χ0n) is 12.2. The van der Waals surface area contributed by atoms with E-state index >= 15 is 0 Å². The number of H-pyrrole nitrogens is 1. The average molecular weight is 303 g/mol. The Hall–Kier alpha value is -2.54. The van der Waals surface area contributed by atoms with Crippen LogP contribution in [0, 0.1) is 0 Å². The van der Waals surface area contributed by atoms with E-state index in [-0.39, 0.29) is 12.5 Å². The Balaban J connectivity index is 1.83. The summed E-state index contributed by atoms with van der Waals surface area (Å²) in [4.78, 5) is 28.4.